The number of halogens is 1. The quantitative estimate of drug-likeness (QED) is 0.500. The zero-order valence-corrected chi connectivity index (χ0v) is 15.3. The van der Waals surface area contributed by atoms with Crippen LogP contribution in [-0.2, 0) is 4.79 Å². The number of benzene rings is 2. The van der Waals surface area contributed by atoms with Crippen LogP contribution in [0.4, 0.5) is 5.13 Å². The molecular weight excluding hydrogens is 388 g/mol. The maximum Gasteiger partial charge on any atom is 0.262 e. The molecule has 2 aromatic carbocycles. The number of carbonyl (C=O) groups is 1. The van der Waals surface area contributed by atoms with Crippen LogP contribution in [0.3, 0.4) is 0 Å². The highest BCUT2D eigenvalue weighted by molar-refractivity contribution is 9.10. The van der Waals surface area contributed by atoms with Gasteiger partial charge in [-0.15, -0.1) is 0 Å². The molecule has 1 aromatic heterocycles. The standard InChI is InChI=1S/C17H15BrN4OS/c1-11(20-17-21-14-8-4-5-9-15(14)24-17)16(23)22-19-10-12-6-2-3-7-13(12)18/h2-11H,1H3,(H,20,21)(H,22,23)/b19-10-/t11-/m1/s1. The molecule has 1 atom stereocenters. The third-order valence-corrected chi connectivity index (χ3v) is 5.00. The van der Waals surface area contributed by atoms with Crippen molar-refractivity contribution >= 4 is 54.7 Å². The molecule has 0 fully saturated rings. The van der Waals surface area contributed by atoms with Crippen LogP contribution < -0.4 is 10.7 Å². The van der Waals surface area contributed by atoms with E-state index in [4.69, 9.17) is 0 Å². The summed E-state index contributed by atoms with van der Waals surface area (Å²) < 4.78 is 2.00. The van der Waals surface area contributed by atoms with Crippen LogP contribution in [0.2, 0.25) is 0 Å². The lowest BCUT2D eigenvalue weighted by Gasteiger charge is -2.10. The van der Waals surface area contributed by atoms with Crippen molar-refractivity contribution in [2.24, 2.45) is 5.10 Å². The number of nitrogens with one attached hydrogen (secondary N) is 2. The summed E-state index contributed by atoms with van der Waals surface area (Å²) in [6, 6.07) is 15.1. The van der Waals surface area contributed by atoms with Gasteiger partial charge in [0.1, 0.15) is 6.04 Å². The Morgan fingerprint density at radius 3 is 2.79 bits per heavy atom. The van der Waals surface area contributed by atoms with Gasteiger partial charge in [-0.05, 0) is 25.1 Å². The fraction of sp³-hybridized carbons (Fsp3) is 0.118. The van der Waals surface area contributed by atoms with Crippen LogP contribution in [0.25, 0.3) is 10.2 Å². The van der Waals surface area contributed by atoms with E-state index in [1.54, 1.807) is 13.1 Å². The second-order valence-electron chi connectivity index (χ2n) is 5.11. The van der Waals surface area contributed by atoms with E-state index in [2.05, 4.69) is 36.8 Å². The van der Waals surface area contributed by atoms with Crippen LogP contribution in [-0.4, -0.2) is 23.1 Å². The minimum absolute atomic E-state index is 0.224. The molecule has 0 radical (unpaired) electrons. The Bertz CT molecular complexity index is 860. The minimum atomic E-state index is -0.443. The van der Waals surface area contributed by atoms with E-state index in [0.29, 0.717) is 5.13 Å². The van der Waals surface area contributed by atoms with Crippen molar-refractivity contribution in [3.05, 3.63) is 58.6 Å². The molecular formula is C17H15BrN4OS. The smallest absolute Gasteiger partial charge is 0.262 e. The van der Waals surface area contributed by atoms with Crippen LogP contribution in [0, 0.1) is 0 Å². The number of fused-ring (bicyclic) bond motifs is 1. The van der Waals surface area contributed by atoms with E-state index in [1.165, 1.54) is 11.3 Å². The van der Waals surface area contributed by atoms with Crippen LogP contribution in [0.1, 0.15) is 12.5 Å². The summed E-state index contributed by atoms with van der Waals surface area (Å²) in [5.74, 6) is -0.224. The first-order valence-electron chi connectivity index (χ1n) is 7.33. The van der Waals surface area contributed by atoms with E-state index >= 15 is 0 Å². The molecule has 0 aliphatic heterocycles. The first-order chi connectivity index (χ1) is 11.6. The van der Waals surface area contributed by atoms with Crippen LogP contribution in [0.15, 0.2) is 58.1 Å². The number of amides is 1. The summed E-state index contributed by atoms with van der Waals surface area (Å²) in [6.45, 7) is 1.77. The molecule has 0 aliphatic carbocycles. The molecule has 0 unspecified atom stereocenters. The van der Waals surface area contributed by atoms with E-state index in [0.717, 1.165) is 20.3 Å². The molecule has 0 spiro atoms. The van der Waals surface area contributed by atoms with Gasteiger partial charge in [-0.1, -0.05) is 57.6 Å². The highest BCUT2D eigenvalue weighted by atomic mass is 79.9. The Labute approximate surface area is 151 Å². The Kier molecular flexibility index (Phi) is 5.22. The van der Waals surface area contributed by atoms with Crippen LogP contribution in [0.5, 0.6) is 0 Å². The van der Waals surface area contributed by atoms with E-state index < -0.39 is 6.04 Å². The largest absolute Gasteiger partial charge is 0.350 e. The van der Waals surface area contributed by atoms with Gasteiger partial charge >= 0.3 is 0 Å². The number of hydrogen-bond acceptors (Lipinski definition) is 5. The lowest BCUT2D eigenvalue weighted by atomic mass is 10.2. The molecule has 0 saturated carbocycles. The van der Waals surface area contributed by atoms with E-state index in [1.807, 2.05) is 48.5 Å². The summed E-state index contributed by atoms with van der Waals surface area (Å²) in [4.78, 5) is 16.6. The molecule has 5 nitrogen and oxygen atoms in total. The molecule has 122 valence electrons. The SMILES string of the molecule is C[C@@H](Nc1nc2ccccc2s1)C(=O)N/N=C\c1ccccc1Br. The number of hydrazone groups is 1. The fourth-order valence-electron chi connectivity index (χ4n) is 2.03. The molecule has 0 bridgehead atoms. The predicted molar refractivity (Wildman–Crippen MR) is 103 cm³/mol. The van der Waals surface area contributed by atoms with Gasteiger partial charge in [0.25, 0.3) is 5.91 Å². The van der Waals surface area contributed by atoms with Gasteiger partial charge in [0, 0.05) is 10.0 Å². The Morgan fingerprint density at radius 1 is 1.25 bits per heavy atom. The first kappa shape index (κ1) is 16.6. The van der Waals surface area contributed by atoms with Gasteiger partial charge in [-0.3, -0.25) is 4.79 Å². The van der Waals surface area contributed by atoms with Crippen molar-refractivity contribution < 1.29 is 4.79 Å². The number of para-hydroxylation sites is 1. The summed E-state index contributed by atoms with van der Waals surface area (Å²) >= 11 is 4.95. The zero-order valence-electron chi connectivity index (χ0n) is 12.9. The summed E-state index contributed by atoms with van der Waals surface area (Å²) in [6.07, 6.45) is 1.60. The Morgan fingerprint density at radius 2 is 2.00 bits per heavy atom. The maximum atomic E-state index is 12.1. The lowest BCUT2D eigenvalue weighted by molar-refractivity contribution is -0.121. The molecule has 3 aromatic rings. The highest BCUT2D eigenvalue weighted by Gasteiger charge is 2.14. The summed E-state index contributed by atoms with van der Waals surface area (Å²) in [5.41, 5.74) is 4.35. The first-order valence-corrected chi connectivity index (χ1v) is 8.94. The summed E-state index contributed by atoms with van der Waals surface area (Å²) in [7, 11) is 0. The number of thiazole rings is 1. The number of anilines is 1. The van der Waals surface area contributed by atoms with Crippen molar-refractivity contribution in [1.82, 2.24) is 10.4 Å². The fourth-order valence-corrected chi connectivity index (χ4v) is 3.37. The second-order valence-corrected chi connectivity index (χ2v) is 6.99. The van der Waals surface area contributed by atoms with Crippen LogP contribution >= 0.6 is 27.3 Å². The Balaban J connectivity index is 1.59. The van der Waals surface area contributed by atoms with Crippen molar-refractivity contribution in [1.29, 1.82) is 0 Å². The Hall–Kier alpha value is -2.25. The zero-order chi connectivity index (χ0) is 16.9. The molecule has 7 heteroatoms. The number of carbonyl (C=O) groups excluding carboxylic acids is 1. The van der Waals surface area contributed by atoms with Gasteiger partial charge in [-0.25, -0.2) is 10.4 Å². The lowest BCUT2D eigenvalue weighted by Crippen LogP contribution is -2.34. The number of rotatable bonds is 5. The van der Waals surface area contributed by atoms with E-state index in [9.17, 15) is 4.79 Å². The van der Waals surface area contributed by atoms with Gasteiger partial charge in [-0.2, -0.15) is 5.10 Å². The van der Waals surface area contributed by atoms with Crippen molar-refractivity contribution in [2.45, 2.75) is 13.0 Å². The number of hydrogen-bond donors (Lipinski definition) is 2. The number of aromatic nitrogens is 1. The van der Waals surface area contributed by atoms with Gasteiger partial charge in [0.05, 0.1) is 16.4 Å². The topological polar surface area (TPSA) is 66.4 Å². The third kappa shape index (κ3) is 3.98. The monoisotopic (exact) mass is 402 g/mol. The average molecular weight is 403 g/mol. The van der Waals surface area contributed by atoms with Gasteiger partial charge in [0.2, 0.25) is 0 Å². The second kappa shape index (κ2) is 7.55. The molecule has 0 aliphatic rings. The molecule has 2 N–H and O–H groups in total. The summed E-state index contributed by atoms with van der Waals surface area (Å²) in [5, 5.41) is 7.82. The predicted octanol–water partition coefficient (Wildman–Crippen LogP) is 4.01. The molecule has 24 heavy (non-hydrogen) atoms. The average Bonchev–Trinajstić information content (AvgIpc) is 2.98. The molecule has 3 rings (SSSR count). The molecule has 1 amide bonds. The minimum Gasteiger partial charge on any atom is -0.350 e. The maximum absolute atomic E-state index is 12.1. The van der Waals surface area contributed by atoms with Gasteiger partial charge < -0.3 is 5.32 Å². The molecule has 0 saturated heterocycles. The normalized spacial score (nSPS) is 12.4. The van der Waals surface area contributed by atoms with Crippen molar-refractivity contribution in [3.63, 3.8) is 0 Å². The number of nitrogens with zero attached hydrogens (tertiary/aromatic N) is 2. The highest BCUT2D eigenvalue weighted by Crippen LogP contribution is 2.25. The van der Waals surface area contributed by atoms with Crippen molar-refractivity contribution in [2.75, 3.05) is 5.32 Å². The van der Waals surface area contributed by atoms with Gasteiger partial charge in [0.15, 0.2) is 5.13 Å². The van der Waals surface area contributed by atoms with Crippen molar-refractivity contribution in [3.8, 4) is 0 Å². The van der Waals surface area contributed by atoms with E-state index in [-0.39, 0.29) is 5.91 Å². The third-order valence-electron chi connectivity index (χ3n) is 3.31. The molecule has 1 heterocycles.